The largest absolute Gasteiger partial charge is 0.352 e. The summed E-state index contributed by atoms with van der Waals surface area (Å²) in [4.78, 5) is 23.5. The van der Waals surface area contributed by atoms with Crippen LogP contribution in [-0.4, -0.2) is 82.3 Å². The van der Waals surface area contributed by atoms with E-state index in [9.17, 15) is 4.79 Å². The molecular formula is C19H29N7O. The minimum absolute atomic E-state index is 0.0796. The van der Waals surface area contributed by atoms with Crippen LogP contribution in [0.25, 0.3) is 5.65 Å². The van der Waals surface area contributed by atoms with Crippen LogP contribution >= 0.6 is 0 Å². The number of hydrogen-bond acceptors (Lipinski definition) is 5. The molecular weight excluding hydrogens is 342 g/mol. The minimum atomic E-state index is 0.0796. The standard InChI is InChI=1S/C19H29N7O/c1-2-8-23-9-3-4-16(15-23)21-19(27)25-13-11-24(12-14-25)18-6-5-17-20-7-10-26(17)22-18/h5-7,10,16H,2-4,8-9,11-15H2,1H3,(H,21,27). The molecule has 0 saturated carbocycles. The summed E-state index contributed by atoms with van der Waals surface area (Å²) in [5, 5.41) is 7.85. The first-order chi connectivity index (χ1) is 13.2. The van der Waals surface area contributed by atoms with Gasteiger partial charge in [0.15, 0.2) is 5.65 Å². The van der Waals surface area contributed by atoms with Crippen LogP contribution in [0.15, 0.2) is 24.5 Å². The van der Waals surface area contributed by atoms with Crippen LogP contribution in [0.5, 0.6) is 0 Å². The number of hydrogen-bond donors (Lipinski definition) is 1. The molecule has 0 radical (unpaired) electrons. The molecule has 4 heterocycles. The molecule has 146 valence electrons. The summed E-state index contributed by atoms with van der Waals surface area (Å²) in [6, 6.07) is 4.34. The highest BCUT2D eigenvalue weighted by Crippen LogP contribution is 2.15. The molecule has 2 aliphatic rings. The Morgan fingerprint density at radius 1 is 1.22 bits per heavy atom. The number of anilines is 1. The van der Waals surface area contributed by atoms with Crippen LogP contribution < -0.4 is 10.2 Å². The molecule has 8 heteroatoms. The zero-order chi connectivity index (χ0) is 18.6. The lowest BCUT2D eigenvalue weighted by molar-refractivity contribution is 0.165. The van der Waals surface area contributed by atoms with Gasteiger partial charge in [0, 0.05) is 51.2 Å². The van der Waals surface area contributed by atoms with E-state index in [1.165, 1.54) is 12.8 Å². The van der Waals surface area contributed by atoms with E-state index in [0.29, 0.717) is 0 Å². The second-order valence-corrected chi connectivity index (χ2v) is 7.48. The number of piperidine rings is 1. The summed E-state index contributed by atoms with van der Waals surface area (Å²) in [7, 11) is 0. The van der Waals surface area contributed by atoms with E-state index in [4.69, 9.17) is 0 Å². The number of nitrogens with one attached hydrogen (secondary N) is 1. The molecule has 8 nitrogen and oxygen atoms in total. The number of rotatable bonds is 4. The third-order valence-electron chi connectivity index (χ3n) is 5.50. The van der Waals surface area contributed by atoms with Crippen molar-refractivity contribution in [2.24, 2.45) is 0 Å². The number of carbonyl (C=O) groups is 1. The smallest absolute Gasteiger partial charge is 0.317 e. The molecule has 1 atom stereocenters. The van der Waals surface area contributed by atoms with Crippen molar-refractivity contribution < 1.29 is 4.79 Å². The molecule has 0 aromatic carbocycles. The van der Waals surface area contributed by atoms with E-state index >= 15 is 0 Å². The normalized spacial score (nSPS) is 21.6. The first kappa shape index (κ1) is 18.0. The average Bonchev–Trinajstić information content (AvgIpc) is 3.16. The van der Waals surface area contributed by atoms with Gasteiger partial charge in [0.25, 0.3) is 0 Å². The van der Waals surface area contributed by atoms with Gasteiger partial charge in [0.2, 0.25) is 0 Å². The predicted molar refractivity (Wildman–Crippen MR) is 105 cm³/mol. The average molecular weight is 371 g/mol. The fourth-order valence-corrected chi connectivity index (χ4v) is 4.07. The third-order valence-corrected chi connectivity index (χ3v) is 5.50. The van der Waals surface area contributed by atoms with Gasteiger partial charge < -0.3 is 20.0 Å². The van der Waals surface area contributed by atoms with Crippen molar-refractivity contribution in [1.82, 2.24) is 29.7 Å². The molecule has 2 aliphatic heterocycles. The van der Waals surface area contributed by atoms with Crippen LogP contribution in [0.2, 0.25) is 0 Å². The Kier molecular flexibility index (Phi) is 5.42. The highest BCUT2D eigenvalue weighted by Gasteiger charge is 2.26. The molecule has 27 heavy (non-hydrogen) atoms. The van der Waals surface area contributed by atoms with E-state index in [1.54, 1.807) is 10.7 Å². The molecule has 2 aromatic heterocycles. The van der Waals surface area contributed by atoms with Gasteiger partial charge in [-0.1, -0.05) is 6.92 Å². The van der Waals surface area contributed by atoms with Crippen molar-refractivity contribution in [3.8, 4) is 0 Å². The van der Waals surface area contributed by atoms with E-state index in [2.05, 4.69) is 32.1 Å². The summed E-state index contributed by atoms with van der Waals surface area (Å²) >= 11 is 0. The number of imidazole rings is 1. The molecule has 1 N–H and O–H groups in total. The van der Waals surface area contributed by atoms with Crippen molar-refractivity contribution in [1.29, 1.82) is 0 Å². The maximum atomic E-state index is 12.7. The molecule has 2 aromatic rings. The topological polar surface area (TPSA) is 69.0 Å². The molecule has 1 unspecified atom stereocenters. The highest BCUT2D eigenvalue weighted by molar-refractivity contribution is 5.75. The Balaban J connectivity index is 1.28. The van der Waals surface area contributed by atoms with Gasteiger partial charge in [-0.3, -0.25) is 0 Å². The SMILES string of the molecule is CCCN1CCCC(NC(=O)N2CCN(c3ccc4nccn4n3)CC2)C1. The lowest BCUT2D eigenvalue weighted by Gasteiger charge is -2.37. The van der Waals surface area contributed by atoms with E-state index < -0.39 is 0 Å². The fourth-order valence-electron chi connectivity index (χ4n) is 4.07. The number of piperazine rings is 1. The Morgan fingerprint density at radius 3 is 2.89 bits per heavy atom. The predicted octanol–water partition coefficient (Wildman–Crippen LogP) is 1.44. The number of nitrogens with zero attached hydrogens (tertiary/aromatic N) is 6. The van der Waals surface area contributed by atoms with Gasteiger partial charge >= 0.3 is 6.03 Å². The number of aromatic nitrogens is 3. The number of urea groups is 1. The Morgan fingerprint density at radius 2 is 2.07 bits per heavy atom. The van der Waals surface area contributed by atoms with Crippen molar-refractivity contribution in [2.75, 3.05) is 50.7 Å². The van der Waals surface area contributed by atoms with Gasteiger partial charge in [-0.2, -0.15) is 0 Å². The molecule has 4 rings (SSSR count). The summed E-state index contributed by atoms with van der Waals surface area (Å²) in [5.74, 6) is 0.933. The van der Waals surface area contributed by atoms with E-state index in [-0.39, 0.29) is 12.1 Å². The summed E-state index contributed by atoms with van der Waals surface area (Å²) in [5.41, 5.74) is 0.848. The summed E-state index contributed by atoms with van der Waals surface area (Å²) in [6.45, 7) is 8.52. The molecule has 0 bridgehead atoms. The van der Waals surface area contributed by atoms with Gasteiger partial charge in [0.1, 0.15) is 5.82 Å². The molecule has 2 fully saturated rings. The minimum Gasteiger partial charge on any atom is -0.352 e. The number of carbonyl (C=O) groups excluding carboxylic acids is 1. The zero-order valence-corrected chi connectivity index (χ0v) is 16.0. The summed E-state index contributed by atoms with van der Waals surface area (Å²) < 4.78 is 1.79. The van der Waals surface area contributed by atoms with Crippen LogP contribution in [0.3, 0.4) is 0 Å². The van der Waals surface area contributed by atoms with Crippen molar-refractivity contribution in [2.45, 2.75) is 32.2 Å². The second-order valence-electron chi connectivity index (χ2n) is 7.48. The lowest BCUT2D eigenvalue weighted by atomic mass is 10.1. The maximum Gasteiger partial charge on any atom is 0.317 e. The molecule has 0 spiro atoms. The van der Waals surface area contributed by atoms with Crippen LogP contribution in [0.4, 0.5) is 10.6 Å². The van der Waals surface area contributed by atoms with Crippen molar-refractivity contribution in [3.05, 3.63) is 24.5 Å². The van der Waals surface area contributed by atoms with Crippen molar-refractivity contribution in [3.63, 3.8) is 0 Å². The van der Waals surface area contributed by atoms with E-state index in [1.807, 2.05) is 23.2 Å². The monoisotopic (exact) mass is 371 g/mol. The lowest BCUT2D eigenvalue weighted by Crippen LogP contribution is -2.56. The first-order valence-electron chi connectivity index (χ1n) is 10.1. The van der Waals surface area contributed by atoms with E-state index in [0.717, 1.165) is 63.7 Å². The first-order valence-corrected chi connectivity index (χ1v) is 10.1. The quantitative estimate of drug-likeness (QED) is 0.881. The van der Waals surface area contributed by atoms with Crippen LogP contribution in [0, 0.1) is 0 Å². The fraction of sp³-hybridized carbons (Fsp3) is 0.632. The number of fused-ring (bicyclic) bond motifs is 1. The van der Waals surface area contributed by atoms with Gasteiger partial charge in [-0.25, -0.2) is 14.3 Å². The maximum absolute atomic E-state index is 12.7. The van der Waals surface area contributed by atoms with Crippen molar-refractivity contribution >= 4 is 17.5 Å². The Labute approximate surface area is 160 Å². The summed E-state index contributed by atoms with van der Waals surface area (Å²) in [6.07, 6.45) is 7.03. The molecule has 2 amide bonds. The second kappa shape index (κ2) is 8.12. The van der Waals surface area contributed by atoms with Gasteiger partial charge in [-0.15, -0.1) is 5.10 Å². The van der Waals surface area contributed by atoms with Gasteiger partial charge in [-0.05, 0) is 44.5 Å². The molecule has 0 aliphatic carbocycles. The highest BCUT2D eigenvalue weighted by atomic mass is 16.2. The van der Waals surface area contributed by atoms with Crippen LogP contribution in [0.1, 0.15) is 26.2 Å². The molecule has 2 saturated heterocycles. The Bertz CT molecular complexity index is 766. The Hall–Kier alpha value is -2.35. The zero-order valence-electron chi connectivity index (χ0n) is 16.0. The number of likely N-dealkylation sites (tertiary alicyclic amines) is 1. The number of amides is 2. The third kappa shape index (κ3) is 4.16. The van der Waals surface area contributed by atoms with Crippen LogP contribution in [-0.2, 0) is 0 Å². The van der Waals surface area contributed by atoms with Gasteiger partial charge in [0.05, 0.1) is 0 Å².